The molecule has 0 unspecified atom stereocenters. The first-order valence-corrected chi connectivity index (χ1v) is 10.9. The number of carbonyl (C=O) groups excluding carboxylic acids is 1. The van der Waals surface area contributed by atoms with Gasteiger partial charge in [-0.1, -0.05) is 0 Å². The fraction of sp³-hybridized carbons (Fsp3) is 0.727. The van der Waals surface area contributed by atoms with Crippen molar-refractivity contribution < 1.29 is 4.79 Å². The van der Waals surface area contributed by atoms with E-state index < -0.39 is 0 Å². The summed E-state index contributed by atoms with van der Waals surface area (Å²) in [5.41, 5.74) is 1.34. The van der Waals surface area contributed by atoms with E-state index in [2.05, 4.69) is 51.2 Å². The Bertz CT molecular complexity index is 586. The fourth-order valence-electron chi connectivity index (χ4n) is 4.49. The number of carbonyl (C=O) groups is 1. The van der Waals surface area contributed by atoms with E-state index in [-0.39, 0.29) is 11.8 Å². The molecule has 0 aliphatic carbocycles. The average Bonchev–Trinajstić information content (AvgIpc) is 2.72. The standard InChI is InChI=1S/C22H37N5O/c1-25(2)13-4-10-24-22(28)20-5-3-14-27(18-20)21-8-15-26(16-9-21)17-19-6-11-23-12-7-19/h6-7,11-12,20-21H,3-5,8-10,13-18H2,1-2H3,(H,24,28)/t20-/m0/s1. The number of hydrogen-bond donors (Lipinski definition) is 1. The molecule has 3 heterocycles. The SMILES string of the molecule is CN(C)CCCNC(=O)[C@H]1CCCN(C2CCN(Cc3ccncc3)CC2)C1. The lowest BCUT2D eigenvalue weighted by Gasteiger charge is -2.42. The highest BCUT2D eigenvalue weighted by atomic mass is 16.1. The molecule has 0 spiro atoms. The molecule has 2 aliphatic rings. The molecule has 2 aliphatic heterocycles. The lowest BCUT2D eigenvalue weighted by atomic mass is 9.93. The molecule has 6 nitrogen and oxygen atoms in total. The van der Waals surface area contributed by atoms with E-state index in [1.54, 1.807) is 0 Å². The molecule has 28 heavy (non-hydrogen) atoms. The molecular weight excluding hydrogens is 350 g/mol. The van der Waals surface area contributed by atoms with Crippen molar-refractivity contribution in [3.05, 3.63) is 30.1 Å². The number of hydrogen-bond acceptors (Lipinski definition) is 5. The Labute approximate surface area is 170 Å². The summed E-state index contributed by atoms with van der Waals surface area (Å²) in [5.74, 6) is 0.432. The van der Waals surface area contributed by atoms with E-state index >= 15 is 0 Å². The van der Waals surface area contributed by atoms with E-state index in [1.807, 2.05) is 12.4 Å². The largest absolute Gasteiger partial charge is 0.356 e. The number of likely N-dealkylation sites (tertiary alicyclic amines) is 2. The summed E-state index contributed by atoms with van der Waals surface area (Å²) in [6.45, 7) is 7.22. The number of pyridine rings is 1. The predicted molar refractivity (Wildman–Crippen MR) is 113 cm³/mol. The minimum Gasteiger partial charge on any atom is -0.356 e. The maximum absolute atomic E-state index is 12.6. The van der Waals surface area contributed by atoms with E-state index in [9.17, 15) is 4.79 Å². The van der Waals surface area contributed by atoms with Crippen molar-refractivity contribution >= 4 is 5.91 Å². The smallest absolute Gasteiger partial charge is 0.224 e. The Hall–Kier alpha value is -1.50. The van der Waals surface area contributed by atoms with Gasteiger partial charge < -0.3 is 10.2 Å². The third kappa shape index (κ3) is 6.54. The molecule has 1 amide bonds. The van der Waals surface area contributed by atoms with Gasteiger partial charge in [0.1, 0.15) is 0 Å². The molecule has 1 N–H and O–H groups in total. The van der Waals surface area contributed by atoms with Crippen LogP contribution in [0.4, 0.5) is 0 Å². The summed E-state index contributed by atoms with van der Waals surface area (Å²) in [7, 11) is 4.15. The molecule has 0 radical (unpaired) electrons. The topological polar surface area (TPSA) is 51.7 Å². The first-order valence-electron chi connectivity index (χ1n) is 10.9. The number of piperidine rings is 2. The van der Waals surface area contributed by atoms with Gasteiger partial charge in [-0.3, -0.25) is 19.6 Å². The molecule has 2 saturated heterocycles. The predicted octanol–water partition coefficient (Wildman–Crippen LogP) is 1.83. The minimum atomic E-state index is 0.169. The molecule has 2 fully saturated rings. The Balaban J connectivity index is 1.39. The lowest BCUT2D eigenvalue weighted by molar-refractivity contribution is -0.127. The van der Waals surface area contributed by atoms with Gasteiger partial charge in [0, 0.05) is 38.1 Å². The zero-order valence-electron chi connectivity index (χ0n) is 17.6. The molecule has 6 heteroatoms. The van der Waals surface area contributed by atoms with Crippen LogP contribution in [0.1, 0.15) is 37.7 Å². The molecule has 156 valence electrons. The van der Waals surface area contributed by atoms with Gasteiger partial charge >= 0.3 is 0 Å². The minimum absolute atomic E-state index is 0.169. The average molecular weight is 388 g/mol. The summed E-state index contributed by atoms with van der Waals surface area (Å²) in [6.07, 6.45) is 9.38. The van der Waals surface area contributed by atoms with Crippen molar-refractivity contribution in [2.45, 2.75) is 44.7 Å². The molecule has 3 rings (SSSR count). The molecule has 1 aromatic heterocycles. The van der Waals surface area contributed by atoms with Crippen LogP contribution in [-0.4, -0.2) is 85.0 Å². The molecule has 0 saturated carbocycles. The molecular formula is C22H37N5O. The number of nitrogens with zero attached hydrogens (tertiary/aromatic N) is 4. The lowest BCUT2D eigenvalue weighted by Crippen LogP contribution is -2.50. The number of aromatic nitrogens is 1. The highest BCUT2D eigenvalue weighted by Crippen LogP contribution is 2.24. The van der Waals surface area contributed by atoms with Crippen LogP contribution in [0, 0.1) is 5.92 Å². The van der Waals surface area contributed by atoms with Crippen LogP contribution in [0.3, 0.4) is 0 Å². The molecule has 1 aromatic rings. The molecule has 0 aromatic carbocycles. The monoisotopic (exact) mass is 387 g/mol. The van der Waals surface area contributed by atoms with Gasteiger partial charge in [0.05, 0.1) is 5.92 Å². The Morgan fingerprint density at radius 2 is 1.93 bits per heavy atom. The number of rotatable bonds is 8. The number of amides is 1. The second-order valence-corrected chi connectivity index (χ2v) is 8.64. The van der Waals surface area contributed by atoms with Crippen molar-refractivity contribution in [2.75, 3.05) is 53.4 Å². The van der Waals surface area contributed by atoms with E-state index in [0.717, 1.165) is 65.1 Å². The van der Waals surface area contributed by atoms with Gasteiger partial charge in [0.2, 0.25) is 5.91 Å². The van der Waals surface area contributed by atoms with Crippen molar-refractivity contribution in [1.29, 1.82) is 0 Å². The third-order valence-corrected chi connectivity index (χ3v) is 6.13. The third-order valence-electron chi connectivity index (χ3n) is 6.13. The van der Waals surface area contributed by atoms with E-state index in [4.69, 9.17) is 0 Å². The summed E-state index contributed by atoms with van der Waals surface area (Å²) < 4.78 is 0. The second-order valence-electron chi connectivity index (χ2n) is 8.64. The summed E-state index contributed by atoms with van der Waals surface area (Å²) in [4.78, 5) is 24.0. The highest BCUT2D eigenvalue weighted by molar-refractivity contribution is 5.78. The summed E-state index contributed by atoms with van der Waals surface area (Å²) >= 11 is 0. The van der Waals surface area contributed by atoms with Crippen molar-refractivity contribution in [3.8, 4) is 0 Å². The van der Waals surface area contributed by atoms with Gasteiger partial charge in [0.15, 0.2) is 0 Å². The Morgan fingerprint density at radius 1 is 1.18 bits per heavy atom. The first-order chi connectivity index (χ1) is 13.6. The Kier molecular flexibility index (Phi) is 8.25. The quantitative estimate of drug-likeness (QED) is 0.690. The fourth-order valence-corrected chi connectivity index (χ4v) is 4.49. The second kappa shape index (κ2) is 10.9. The summed E-state index contributed by atoms with van der Waals surface area (Å²) in [6, 6.07) is 4.86. The maximum Gasteiger partial charge on any atom is 0.224 e. The van der Waals surface area contributed by atoms with E-state index in [0.29, 0.717) is 6.04 Å². The van der Waals surface area contributed by atoms with Crippen LogP contribution < -0.4 is 5.32 Å². The summed E-state index contributed by atoms with van der Waals surface area (Å²) in [5, 5.41) is 3.16. The van der Waals surface area contributed by atoms with E-state index in [1.165, 1.54) is 18.4 Å². The van der Waals surface area contributed by atoms with Crippen LogP contribution in [-0.2, 0) is 11.3 Å². The van der Waals surface area contributed by atoms with Crippen LogP contribution in [0.25, 0.3) is 0 Å². The van der Waals surface area contributed by atoms with Gasteiger partial charge in [0.25, 0.3) is 0 Å². The van der Waals surface area contributed by atoms with Gasteiger partial charge in [-0.25, -0.2) is 0 Å². The van der Waals surface area contributed by atoms with Crippen LogP contribution >= 0.6 is 0 Å². The molecule has 1 atom stereocenters. The van der Waals surface area contributed by atoms with Gasteiger partial charge in [-0.15, -0.1) is 0 Å². The highest BCUT2D eigenvalue weighted by Gasteiger charge is 2.31. The first kappa shape index (κ1) is 21.2. The molecule has 0 bridgehead atoms. The normalized spacial score (nSPS) is 22.5. The number of nitrogens with one attached hydrogen (secondary N) is 1. The van der Waals surface area contributed by atoms with Crippen LogP contribution in [0.15, 0.2) is 24.5 Å². The van der Waals surface area contributed by atoms with Crippen molar-refractivity contribution in [2.24, 2.45) is 5.92 Å². The van der Waals surface area contributed by atoms with Gasteiger partial charge in [-0.2, -0.15) is 0 Å². The zero-order valence-corrected chi connectivity index (χ0v) is 17.6. The van der Waals surface area contributed by atoms with Crippen LogP contribution in [0.2, 0.25) is 0 Å². The maximum atomic E-state index is 12.6. The van der Waals surface area contributed by atoms with Crippen molar-refractivity contribution in [1.82, 2.24) is 25.0 Å². The van der Waals surface area contributed by atoms with Gasteiger partial charge in [-0.05, 0) is 90.1 Å². The zero-order chi connectivity index (χ0) is 19.8. The van der Waals surface area contributed by atoms with Crippen LogP contribution in [0.5, 0.6) is 0 Å². The van der Waals surface area contributed by atoms with Crippen molar-refractivity contribution in [3.63, 3.8) is 0 Å². The Morgan fingerprint density at radius 3 is 2.64 bits per heavy atom.